The minimum Gasteiger partial charge on any atom is -0.385 e. The Kier molecular flexibility index (Phi) is 5.02. The number of hydrogen-bond acceptors (Lipinski definition) is 5. The van der Waals surface area contributed by atoms with Crippen molar-refractivity contribution in [3.05, 3.63) is 58.3 Å². The summed E-state index contributed by atoms with van der Waals surface area (Å²) in [5, 5.41) is 16.3. The van der Waals surface area contributed by atoms with Crippen LogP contribution in [0.1, 0.15) is 12.1 Å². The van der Waals surface area contributed by atoms with Gasteiger partial charge in [-0.1, -0.05) is 6.07 Å². The fraction of sp³-hybridized carbons (Fsp3) is 0.200. The van der Waals surface area contributed by atoms with Gasteiger partial charge < -0.3 is 10.6 Å². The summed E-state index contributed by atoms with van der Waals surface area (Å²) in [6.45, 7) is 2.28. The summed E-state index contributed by atoms with van der Waals surface area (Å²) in [6.07, 6.45) is 0.270. The molecule has 2 N–H and O–H groups in total. The van der Waals surface area contributed by atoms with Crippen molar-refractivity contribution in [2.45, 2.75) is 13.3 Å². The molecule has 0 aliphatic carbocycles. The van der Waals surface area contributed by atoms with Crippen LogP contribution in [-0.4, -0.2) is 22.4 Å². The molecule has 0 saturated carbocycles. The summed E-state index contributed by atoms with van der Waals surface area (Å²) in [5.74, 6) is 0.382. The highest BCUT2D eigenvalue weighted by Gasteiger charge is 2.05. The average molecular weight is 300 g/mol. The number of pyridine rings is 1. The van der Waals surface area contributed by atoms with Gasteiger partial charge in [0.05, 0.1) is 4.92 Å². The second-order valence-electron chi connectivity index (χ2n) is 4.69. The number of rotatable bonds is 6. The van der Waals surface area contributed by atoms with Gasteiger partial charge in [0, 0.05) is 36.5 Å². The Morgan fingerprint density at radius 3 is 2.59 bits per heavy atom. The van der Waals surface area contributed by atoms with Crippen LogP contribution in [0, 0.1) is 17.0 Å². The minimum absolute atomic E-state index is 0.0359. The number of anilines is 2. The molecule has 0 atom stereocenters. The van der Waals surface area contributed by atoms with Gasteiger partial charge in [0.2, 0.25) is 5.91 Å². The topological polar surface area (TPSA) is 97.2 Å². The van der Waals surface area contributed by atoms with Crippen molar-refractivity contribution in [2.75, 3.05) is 17.2 Å². The van der Waals surface area contributed by atoms with Crippen molar-refractivity contribution in [3.63, 3.8) is 0 Å². The van der Waals surface area contributed by atoms with Gasteiger partial charge in [-0.2, -0.15) is 0 Å². The highest BCUT2D eigenvalue weighted by molar-refractivity contribution is 5.90. The first-order valence-electron chi connectivity index (χ1n) is 6.76. The molecular weight excluding hydrogens is 284 g/mol. The van der Waals surface area contributed by atoms with E-state index in [1.165, 1.54) is 12.1 Å². The molecule has 1 aromatic carbocycles. The molecule has 0 spiro atoms. The summed E-state index contributed by atoms with van der Waals surface area (Å²) in [6, 6.07) is 11.5. The van der Waals surface area contributed by atoms with Crippen LogP contribution in [0.2, 0.25) is 0 Å². The molecular formula is C15H16N4O3. The molecule has 0 saturated heterocycles. The average Bonchev–Trinajstić information content (AvgIpc) is 2.47. The molecule has 0 unspecified atom stereocenters. The van der Waals surface area contributed by atoms with Gasteiger partial charge in [0.1, 0.15) is 5.82 Å². The van der Waals surface area contributed by atoms with Crippen molar-refractivity contribution in [2.24, 2.45) is 0 Å². The smallest absolute Gasteiger partial charge is 0.269 e. The number of nitro groups is 1. The fourth-order valence-electron chi connectivity index (χ4n) is 1.84. The number of nitrogens with one attached hydrogen (secondary N) is 2. The van der Waals surface area contributed by atoms with E-state index in [1.54, 1.807) is 18.2 Å². The van der Waals surface area contributed by atoms with Gasteiger partial charge in [-0.3, -0.25) is 14.9 Å². The van der Waals surface area contributed by atoms with E-state index in [2.05, 4.69) is 15.6 Å². The van der Waals surface area contributed by atoms with Crippen molar-refractivity contribution in [3.8, 4) is 0 Å². The van der Waals surface area contributed by atoms with Crippen LogP contribution in [-0.2, 0) is 4.79 Å². The molecule has 1 amide bonds. The van der Waals surface area contributed by atoms with Crippen molar-refractivity contribution in [1.82, 2.24) is 4.98 Å². The Bertz CT molecular complexity index is 671. The lowest BCUT2D eigenvalue weighted by Gasteiger charge is -2.07. The third kappa shape index (κ3) is 4.55. The predicted octanol–water partition coefficient (Wildman–Crippen LogP) is 2.74. The summed E-state index contributed by atoms with van der Waals surface area (Å²) >= 11 is 0. The quantitative estimate of drug-likeness (QED) is 0.631. The Labute approximate surface area is 127 Å². The van der Waals surface area contributed by atoms with Crippen LogP contribution < -0.4 is 10.6 Å². The summed E-state index contributed by atoms with van der Waals surface area (Å²) in [7, 11) is 0. The number of amides is 1. The molecule has 7 heteroatoms. The van der Waals surface area contributed by atoms with Gasteiger partial charge in [-0.25, -0.2) is 4.98 Å². The number of carbonyl (C=O) groups is 1. The number of aryl methyl sites for hydroxylation is 1. The number of benzene rings is 1. The van der Waals surface area contributed by atoms with E-state index >= 15 is 0 Å². The summed E-state index contributed by atoms with van der Waals surface area (Å²) < 4.78 is 0. The van der Waals surface area contributed by atoms with Crippen molar-refractivity contribution < 1.29 is 9.72 Å². The highest BCUT2D eigenvalue weighted by atomic mass is 16.6. The Morgan fingerprint density at radius 2 is 1.95 bits per heavy atom. The molecule has 0 aliphatic heterocycles. The standard InChI is InChI=1S/C15H16N4O3/c1-11-3-2-4-14(17-11)18-15(20)9-10-16-12-5-7-13(8-6-12)19(21)22/h2-8,16H,9-10H2,1H3,(H,17,18,20). The molecule has 114 valence electrons. The van der Waals surface area contributed by atoms with Crippen LogP contribution in [0.15, 0.2) is 42.5 Å². The monoisotopic (exact) mass is 300 g/mol. The summed E-state index contributed by atoms with van der Waals surface area (Å²) in [5.41, 5.74) is 1.60. The van der Waals surface area contributed by atoms with E-state index in [0.717, 1.165) is 11.4 Å². The normalized spacial score (nSPS) is 10.0. The second-order valence-corrected chi connectivity index (χ2v) is 4.69. The van der Waals surface area contributed by atoms with Gasteiger partial charge >= 0.3 is 0 Å². The number of nitro benzene ring substituents is 1. The largest absolute Gasteiger partial charge is 0.385 e. The minimum atomic E-state index is -0.452. The number of non-ortho nitro benzene ring substituents is 1. The molecule has 1 heterocycles. The lowest BCUT2D eigenvalue weighted by Crippen LogP contribution is -2.17. The summed E-state index contributed by atoms with van der Waals surface area (Å²) in [4.78, 5) is 26.1. The molecule has 0 bridgehead atoms. The maximum Gasteiger partial charge on any atom is 0.269 e. The highest BCUT2D eigenvalue weighted by Crippen LogP contribution is 2.15. The van der Waals surface area contributed by atoms with Gasteiger partial charge in [0.15, 0.2) is 0 Å². The van der Waals surface area contributed by atoms with Crippen molar-refractivity contribution in [1.29, 1.82) is 0 Å². The van der Waals surface area contributed by atoms with E-state index in [-0.39, 0.29) is 18.0 Å². The van der Waals surface area contributed by atoms with E-state index in [1.807, 2.05) is 19.1 Å². The zero-order valence-corrected chi connectivity index (χ0v) is 12.1. The van der Waals surface area contributed by atoms with Crippen molar-refractivity contribution >= 4 is 23.1 Å². The van der Waals surface area contributed by atoms with Gasteiger partial charge in [-0.15, -0.1) is 0 Å². The first-order chi connectivity index (χ1) is 10.5. The van der Waals surface area contributed by atoms with Crippen LogP contribution >= 0.6 is 0 Å². The number of hydrogen-bond donors (Lipinski definition) is 2. The zero-order valence-electron chi connectivity index (χ0n) is 12.1. The Hall–Kier alpha value is -2.96. The van der Waals surface area contributed by atoms with E-state index in [0.29, 0.717) is 12.4 Å². The lowest BCUT2D eigenvalue weighted by molar-refractivity contribution is -0.384. The van der Waals surface area contributed by atoms with Gasteiger partial charge in [-0.05, 0) is 31.2 Å². The second kappa shape index (κ2) is 7.16. The third-order valence-electron chi connectivity index (χ3n) is 2.92. The molecule has 2 aromatic rings. The molecule has 0 radical (unpaired) electrons. The van der Waals surface area contributed by atoms with Crippen LogP contribution in [0.3, 0.4) is 0 Å². The molecule has 7 nitrogen and oxygen atoms in total. The zero-order chi connectivity index (χ0) is 15.9. The predicted molar refractivity (Wildman–Crippen MR) is 83.8 cm³/mol. The molecule has 22 heavy (non-hydrogen) atoms. The number of aromatic nitrogens is 1. The third-order valence-corrected chi connectivity index (χ3v) is 2.92. The molecule has 0 aliphatic rings. The van der Waals surface area contributed by atoms with Crippen LogP contribution in [0.25, 0.3) is 0 Å². The Morgan fingerprint density at radius 1 is 1.23 bits per heavy atom. The molecule has 2 rings (SSSR count). The van der Waals surface area contributed by atoms with E-state index in [9.17, 15) is 14.9 Å². The van der Waals surface area contributed by atoms with E-state index in [4.69, 9.17) is 0 Å². The maximum absolute atomic E-state index is 11.8. The first kappa shape index (κ1) is 15.4. The Balaban J connectivity index is 1.78. The van der Waals surface area contributed by atoms with Crippen LogP contribution in [0.4, 0.5) is 17.2 Å². The van der Waals surface area contributed by atoms with E-state index < -0.39 is 4.92 Å². The SMILES string of the molecule is Cc1cccc(NC(=O)CCNc2ccc([N+](=O)[O-])cc2)n1. The van der Waals surface area contributed by atoms with Crippen LogP contribution in [0.5, 0.6) is 0 Å². The maximum atomic E-state index is 11.8. The molecule has 1 aromatic heterocycles. The number of carbonyl (C=O) groups excluding carboxylic acids is 1. The first-order valence-corrected chi connectivity index (χ1v) is 6.76. The number of nitrogens with zero attached hydrogens (tertiary/aromatic N) is 2. The molecule has 0 fully saturated rings. The lowest BCUT2D eigenvalue weighted by atomic mass is 10.2. The fourth-order valence-corrected chi connectivity index (χ4v) is 1.84. The van der Waals surface area contributed by atoms with Gasteiger partial charge in [0.25, 0.3) is 5.69 Å².